The Labute approximate surface area is 108 Å². The number of nitrogens with one attached hydrogen (secondary N) is 1. The average molecular weight is 251 g/mol. The van der Waals surface area contributed by atoms with Crippen LogP contribution in [0.3, 0.4) is 0 Å². The number of hydrogen-bond donors (Lipinski definition) is 2. The SMILES string of the molecule is CC#CCCNC(=O)[C@H]1CC(CC)C[C@H]1C(=O)O. The molecule has 3 atom stereocenters. The Kier molecular flexibility index (Phi) is 5.70. The third-order valence-electron chi connectivity index (χ3n) is 3.62. The molecule has 1 fully saturated rings. The fourth-order valence-electron chi connectivity index (χ4n) is 2.54. The van der Waals surface area contributed by atoms with Crippen LogP contribution in [0, 0.1) is 29.6 Å². The van der Waals surface area contributed by atoms with Crippen molar-refractivity contribution >= 4 is 11.9 Å². The summed E-state index contributed by atoms with van der Waals surface area (Å²) in [5.41, 5.74) is 0. The van der Waals surface area contributed by atoms with Crippen LogP contribution in [-0.4, -0.2) is 23.5 Å². The number of carboxylic acid groups (broad SMARTS) is 1. The number of rotatable bonds is 5. The first-order valence-corrected chi connectivity index (χ1v) is 6.50. The summed E-state index contributed by atoms with van der Waals surface area (Å²) in [5.74, 6) is 4.11. The maximum absolute atomic E-state index is 12.0. The maximum atomic E-state index is 12.0. The lowest BCUT2D eigenvalue weighted by Gasteiger charge is -2.14. The number of carboxylic acids is 1. The van der Waals surface area contributed by atoms with Gasteiger partial charge >= 0.3 is 5.97 Å². The van der Waals surface area contributed by atoms with Crippen LogP contribution >= 0.6 is 0 Å². The van der Waals surface area contributed by atoms with Crippen LogP contribution in [0.4, 0.5) is 0 Å². The van der Waals surface area contributed by atoms with Gasteiger partial charge in [-0.1, -0.05) is 13.3 Å². The molecular formula is C14H21NO3. The Morgan fingerprint density at radius 2 is 2.00 bits per heavy atom. The lowest BCUT2D eigenvalue weighted by atomic mass is 9.95. The second-order valence-corrected chi connectivity index (χ2v) is 4.76. The summed E-state index contributed by atoms with van der Waals surface area (Å²) in [6.07, 6.45) is 2.87. The van der Waals surface area contributed by atoms with Gasteiger partial charge in [0.25, 0.3) is 0 Å². The van der Waals surface area contributed by atoms with Gasteiger partial charge < -0.3 is 10.4 Å². The summed E-state index contributed by atoms with van der Waals surface area (Å²) < 4.78 is 0. The van der Waals surface area contributed by atoms with Crippen molar-refractivity contribution in [2.75, 3.05) is 6.54 Å². The Bertz CT molecular complexity index is 367. The van der Waals surface area contributed by atoms with E-state index < -0.39 is 11.9 Å². The molecule has 4 heteroatoms. The fourth-order valence-corrected chi connectivity index (χ4v) is 2.54. The predicted octanol–water partition coefficient (Wildman–Crippen LogP) is 1.65. The molecule has 0 heterocycles. The molecule has 1 rings (SSSR count). The van der Waals surface area contributed by atoms with Crippen molar-refractivity contribution in [1.29, 1.82) is 0 Å². The van der Waals surface area contributed by atoms with Crippen LogP contribution < -0.4 is 5.32 Å². The van der Waals surface area contributed by atoms with E-state index in [0.717, 1.165) is 6.42 Å². The van der Waals surface area contributed by atoms with E-state index in [9.17, 15) is 9.59 Å². The van der Waals surface area contributed by atoms with Gasteiger partial charge in [0.1, 0.15) is 0 Å². The van der Waals surface area contributed by atoms with Gasteiger partial charge in [0.05, 0.1) is 11.8 Å². The normalized spacial score (nSPS) is 26.2. The summed E-state index contributed by atoms with van der Waals surface area (Å²) in [7, 11) is 0. The molecule has 0 aliphatic heterocycles. The summed E-state index contributed by atoms with van der Waals surface area (Å²) >= 11 is 0. The fraction of sp³-hybridized carbons (Fsp3) is 0.714. The van der Waals surface area contributed by atoms with E-state index in [-0.39, 0.29) is 11.8 Å². The molecule has 1 aliphatic rings. The highest BCUT2D eigenvalue weighted by Crippen LogP contribution is 2.38. The van der Waals surface area contributed by atoms with Crippen molar-refractivity contribution < 1.29 is 14.7 Å². The average Bonchev–Trinajstić information content (AvgIpc) is 2.78. The second-order valence-electron chi connectivity index (χ2n) is 4.76. The van der Waals surface area contributed by atoms with Crippen LogP contribution in [0.5, 0.6) is 0 Å². The van der Waals surface area contributed by atoms with Gasteiger partial charge in [-0.05, 0) is 25.7 Å². The lowest BCUT2D eigenvalue weighted by molar-refractivity contribution is -0.146. The van der Waals surface area contributed by atoms with E-state index >= 15 is 0 Å². The van der Waals surface area contributed by atoms with Gasteiger partial charge in [-0.15, -0.1) is 11.8 Å². The summed E-state index contributed by atoms with van der Waals surface area (Å²) in [4.78, 5) is 23.1. The molecule has 0 bridgehead atoms. The van der Waals surface area contributed by atoms with Gasteiger partial charge in [0.15, 0.2) is 0 Å². The minimum Gasteiger partial charge on any atom is -0.481 e. The smallest absolute Gasteiger partial charge is 0.307 e. The molecule has 1 unspecified atom stereocenters. The quantitative estimate of drug-likeness (QED) is 0.577. The van der Waals surface area contributed by atoms with Crippen LogP contribution in [0.1, 0.15) is 39.5 Å². The standard InChI is InChI=1S/C14H21NO3/c1-3-5-6-7-15-13(16)11-8-10(4-2)9-12(11)14(17)18/h10-12H,4,6-9H2,1-2H3,(H,15,16)(H,17,18)/t10?,11-,12+/m0/s1. The summed E-state index contributed by atoms with van der Waals surface area (Å²) in [5, 5.41) is 11.9. The summed E-state index contributed by atoms with van der Waals surface area (Å²) in [6, 6.07) is 0. The highest BCUT2D eigenvalue weighted by Gasteiger charge is 2.41. The Balaban J connectivity index is 2.53. The highest BCUT2D eigenvalue weighted by molar-refractivity contribution is 5.85. The van der Waals surface area contributed by atoms with E-state index in [0.29, 0.717) is 31.7 Å². The van der Waals surface area contributed by atoms with Crippen LogP contribution in [-0.2, 0) is 9.59 Å². The number of amides is 1. The number of hydrogen-bond acceptors (Lipinski definition) is 2. The summed E-state index contributed by atoms with van der Waals surface area (Å²) in [6.45, 7) is 4.30. The van der Waals surface area contributed by atoms with Crippen molar-refractivity contribution in [1.82, 2.24) is 5.32 Å². The number of carbonyl (C=O) groups excluding carboxylic acids is 1. The van der Waals surface area contributed by atoms with Crippen molar-refractivity contribution in [2.45, 2.75) is 39.5 Å². The topological polar surface area (TPSA) is 66.4 Å². The first-order chi connectivity index (χ1) is 8.60. The van der Waals surface area contributed by atoms with Gasteiger partial charge in [-0.3, -0.25) is 9.59 Å². The maximum Gasteiger partial charge on any atom is 0.307 e. The van der Waals surface area contributed by atoms with Gasteiger partial charge in [0, 0.05) is 13.0 Å². The van der Waals surface area contributed by atoms with E-state index in [1.807, 2.05) is 6.92 Å². The molecule has 1 saturated carbocycles. The molecular weight excluding hydrogens is 230 g/mol. The third kappa shape index (κ3) is 3.76. The van der Waals surface area contributed by atoms with Crippen LogP contribution in [0.25, 0.3) is 0 Å². The van der Waals surface area contributed by atoms with Gasteiger partial charge in [-0.2, -0.15) is 0 Å². The number of carbonyl (C=O) groups is 2. The minimum absolute atomic E-state index is 0.128. The van der Waals surface area contributed by atoms with Crippen molar-refractivity contribution in [2.24, 2.45) is 17.8 Å². The zero-order valence-corrected chi connectivity index (χ0v) is 11.0. The van der Waals surface area contributed by atoms with Crippen LogP contribution in [0.15, 0.2) is 0 Å². The van der Waals surface area contributed by atoms with Gasteiger partial charge in [-0.25, -0.2) is 0 Å². The van der Waals surface area contributed by atoms with Gasteiger partial charge in [0.2, 0.25) is 5.91 Å². The Morgan fingerprint density at radius 3 is 2.56 bits per heavy atom. The van der Waals surface area contributed by atoms with Crippen LogP contribution in [0.2, 0.25) is 0 Å². The first-order valence-electron chi connectivity index (χ1n) is 6.50. The first kappa shape index (κ1) is 14.6. The number of aliphatic carboxylic acids is 1. The molecule has 1 aliphatic carbocycles. The van der Waals surface area contributed by atoms with Crippen molar-refractivity contribution in [3.63, 3.8) is 0 Å². The van der Waals surface area contributed by atoms with E-state index in [2.05, 4.69) is 17.2 Å². The molecule has 100 valence electrons. The largest absolute Gasteiger partial charge is 0.481 e. The van der Waals surface area contributed by atoms with E-state index in [1.54, 1.807) is 6.92 Å². The highest BCUT2D eigenvalue weighted by atomic mass is 16.4. The molecule has 0 aromatic heterocycles. The molecule has 0 radical (unpaired) electrons. The van der Waals surface area contributed by atoms with Crippen molar-refractivity contribution in [3.05, 3.63) is 0 Å². The molecule has 18 heavy (non-hydrogen) atoms. The zero-order valence-electron chi connectivity index (χ0n) is 11.0. The second kappa shape index (κ2) is 7.05. The molecule has 4 nitrogen and oxygen atoms in total. The predicted molar refractivity (Wildman–Crippen MR) is 68.7 cm³/mol. The molecule has 2 N–H and O–H groups in total. The molecule has 0 spiro atoms. The minimum atomic E-state index is -0.848. The third-order valence-corrected chi connectivity index (χ3v) is 3.62. The molecule has 0 aromatic carbocycles. The molecule has 1 amide bonds. The monoisotopic (exact) mass is 251 g/mol. The lowest BCUT2D eigenvalue weighted by Crippen LogP contribution is -2.35. The van der Waals surface area contributed by atoms with E-state index in [4.69, 9.17) is 5.11 Å². The van der Waals surface area contributed by atoms with Crippen molar-refractivity contribution in [3.8, 4) is 11.8 Å². The zero-order chi connectivity index (χ0) is 13.5. The Morgan fingerprint density at radius 1 is 1.33 bits per heavy atom. The molecule has 0 aromatic rings. The van der Waals surface area contributed by atoms with E-state index in [1.165, 1.54) is 0 Å². The molecule has 0 saturated heterocycles. The Hall–Kier alpha value is -1.50.